The van der Waals surface area contributed by atoms with E-state index in [1.54, 1.807) is 0 Å². The molecule has 1 fully saturated rings. The van der Waals surface area contributed by atoms with Crippen molar-refractivity contribution in [3.05, 3.63) is 0 Å². The van der Waals surface area contributed by atoms with Gasteiger partial charge in [0, 0.05) is 12.6 Å². The van der Waals surface area contributed by atoms with Gasteiger partial charge in [-0.3, -0.25) is 4.79 Å². The second-order valence-corrected chi connectivity index (χ2v) is 7.41. The van der Waals surface area contributed by atoms with E-state index < -0.39 is 23.7 Å². The van der Waals surface area contributed by atoms with Crippen LogP contribution in [0.3, 0.4) is 0 Å². The van der Waals surface area contributed by atoms with Crippen molar-refractivity contribution in [1.82, 2.24) is 10.6 Å². The van der Waals surface area contributed by atoms with Gasteiger partial charge >= 0.3 is 12.1 Å². The zero-order chi connectivity index (χ0) is 16.9. The van der Waals surface area contributed by atoms with E-state index in [1.165, 1.54) is 0 Å². The molecule has 1 aliphatic rings. The quantitative estimate of drug-likeness (QED) is 0.700. The van der Waals surface area contributed by atoms with Crippen LogP contribution in [-0.4, -0.2) is 41.4 Å². The predicted molar refractivity (Wildman–Crippen MR) is 84.8 cm³/mol. The summed E-state index contributed by atoms with van der Waals surface area (Å²) in [6, 6.07) is -0.425. The number of rotatable bonds is 6. The Bertz CT molecular complexity index is 390. The summed E-state index contributed by atoms with van der Waals surface area (Å²) in [5.74, 6) is -0.550. The molecule has 0 spiro atoms. The molecule has 6 heteroatoms. The monoisotopic (exact) mass is 314 g/mol. The summed E-state index contributed by atoms with van der Waals surface area (Å²) in [6.07, 6.45) is 2.55. The highest BCUT2D eigenvalue weighted by molar-refractivity contribution is 5.73. The molecule has 0 heterocycles. The standard InChI is InChI=1S/C16H30N2O4/c1-10(2)13(14(19)20)18-12-8-6-7-11(12)9-17-15(21)22-16(3,4)5/h10-13,18H,6-9H2,1-5H3,(H,17,21)(H,19,20). The number of hydrogen-bond donors (Lipinski definition) is 3. The maximum atomic E-state index is 11.7. The second-order valence-electron chi connectivity index (χ2n) is 7.41. The Kier molecular flexibility index (Phi) is 6.66. The molecule has 1 amide bonds. The molecule has 0 saturated heterocycles. The average molecular weight is 314 g/mol. The third-order valence-corrected chi connectivity index (χ3v) is 3.89. The lowest BCUT2D eigenvalue weighted by atomic mass is 9.98. The lowest BCUT2D eigenvalue weighted by Crippen LogP contribution is -2.49. The highest BCUT2D eigenvalue weighted by Crippen LogP contribution is 2.26. The molecule has 0 aromatic rings. The van der Waals surface area contributed by atoms with E-state index in [1.807, 2.05) is 34.6 Å². The highest BCUT2D eigenvalue weighted by atomic mass is 16.6. The number of ether oxygens (including phenoxy) is 1. The number of carboxylic acids is 1. The molecule has 1 rings (SSSR count). The number of alkyl carbamates (subject to hydrolysis) is 1. The van der Waals surface area contributed by atoms with Crippen LogP contribution in [0.15, 0.2) is 0 Å². The van der Waals surface area contributed by atoms with E-state index in [2.05, 4.69) is 10.6 Å². The number of aliphatic carboxylic acids is 1. The smallest absolute Gasteiger partial charge is 0.407 e. The fourth-order valence-electron chi connectivity index (χ4n) is 2.81. The van der Waals surface area contributed by atoms with Gasteiger partial charge in [0.25, 0.3) is 0 Å². The maximum Gasteiger partial charge on any atom is 0.407 e. The molecule has 0 aromatic carbocycles. The first-order valence-electron chi connectivity index (χ1n) is 8.06. The van der Waals surface area contributed by atoms with Gasteiger partial charge in [-0.2, -0.15) is 0 Å². The molecule has 6 nitrogen and oxygen atoms in total. The molecule has 128 valence electrons. The van der Waals surface area contributed by atoms with Crippen molar-refractivity contribution < 1.29 is 19.4 Å². The van der Waals surface area contributed by atoms with E-state index in [4.69, 9.17) is 4.74 Å². The number of nitrogens with one attached hydrogen (secondary N) is 2. The number of amides is 1. The van der Waals surface area contributed by atoms with Gasteiger partial charge in [0.1, 0.15) is 11.6 Å². The third kappa shape index (κ3) is 6.22. The van der Waals surface area contributed by atoms with Crippen molar-refractivity contribution in [3.8, 4) is 0 Å². The van der Waals surface area contributed by atoms with Crippen LogP contribution in [0, 0.1) is 11.8 Å². The Labute approximate surface area is 133 Å². The van der Waals surface area contributed by atoms with Gasteiger partial charge in [-0.05, 0) is 45.4 Å². The van der Waals surface area contributed by atoms with Gasteiger partial charge in [0.2, 0.25) is 0 Å². The topological polar surface area (TPSA) is 87.7 Å². The zero-order valence-corrected chi connectivity index (χ0v) is 14.3. The van der Waals surface area contributed by atoms with Crippen LogP contribution in [0.4, 0.5) is 4.79 Å². The molecule has 3 N–H and O–H groups in total. The molecule has 0 radical (unpaired) electrons. The Hall–Kier alpha value is -1.30. The Morgan fingerprint density at radius 2 is 1.91 bits per heavy atom. The number of carboxylic acid groups (broad SMARTS) is 1. The molecule has 22 heavy (non-hydrogen) atoms. The minimum Gasteiger partial charge on any atom is -0.480 e. The van der Waals surface area contributed by atoms with E-state index in [0.717, 1.165) is 19.3 Å². The molecular weight excluding hydrogens is 284 g/mol. The van der Waals surface area contributed by atoms with Crippen LogP contribution in [0.2, 0.25) is 0 Å². The summed E-state index contributed by atoms with van der Waals surface area (Å²) in [6.45, 7) is 9.78. The van der Waals surface area contributed by atoms with Gasteiger partial charge in [0.15, 0.2) is 0 Å². The van der Waals surface area contributed by atoms with Crippen molar-refractivity contribution in [1.29, 1.82) is 0 Å². The van der Waals surface area contributed by atoms with Gasteiger partial charge < -0.3 is 20.5 Å². The minimum atomic E-state index is -0.819. The summed E-state index contributed by atoms with van der Waals surface area (Å²) in [5.41, 5.74) is -0.510. The summed E-state index contributed by atoms with van der Waals surface area (Å²) in [4.78, 5) is 23.0. The first kappa shape index (κ1) is 18.7. The van der Waals surface area contributed by atoms with E-state index >= 15 is 0 Å². The fraction of sp³-hybridized carbons (Fsp3) is 0.875. The Balaban J connectivity index is 2.49. The normalized spacial score (nSPS) is 23.4. The summed E-state index contributed by atoms with van der Waals surface area (Å²) >= 11 is 0. The number of carbonyl (C=O) groups excluding carboxylic acids is 1. The van der Waals surface area contributed by atoms with Crippen LogP contribution in [0.25, 0.3) is 0 Å². The molecular formula is C16H30N2O4. The van der Waals surface area contributed by atoms with Crippen LogP contribution in [0.1, 0.15) is 53.9 Å². The summed E-state index contributed by atoms with van der Waals surface area (Å²) in [5, 5.41) is 15.3. The summed E-state index contributed by atoms with van der Waals surface area (Å²) in [7, 11) is 0. The lowest BCUT2D eigenvalue weighted by molar-refractivity contribution is -0.141. The SMILES string of the molecule is CC(C)C(NC1CCCC1CNC(=O)OC(C)(C)C)C(=O)O. The molecule has 0 aliphatic heterocycles. The fourth-order valence-corrected chi connectivity index (χ4v) is 2.81. The highest BCUT2D eigenvalue weighted by Gasteiger charge is 2.32. The van der Waals surface area contributed by atoms with Crippen molar-refractivity contribution in [2.24, 2.45) is 11.8 Å². The molecule has 1 aliphatic carbocycles. The van der Waals surface area contributed by atoms with Gasteiger partial charge in [0.05, 0.1) is 0 Å². The molecule has 3 unspecified atom stereocenters. The minimum absolute atomic E-state index is 0.0255. The van der Waals surface area contributed by atoms with Crippen molar-refractivity contribution in [3.63, 3.8) is 0 Å². The maximum absolute atomic E-state index is 11.7. The van der Waals surface area contributed by atoms with Crippen LogP contribution < -0.4 is 10.6 Å². The predicted octanol–water partition coefficient (Wildman–Crippen LogP) is 2.38. The zero-order valence-electron chi connectivity index (χ0n) is 14.3. The van der Waals surface area contributed by atoms with E-state index in [9.17, 15) is 14.7 Å². The van der Waals surface area contributed by atoms with Crippen LogP contribution in [0.5, 0.6) is 0 Å². The first-order chi connectivity index (χ1) is 10.1. The van der Waals surface area contributed by atoms with Gasteiger partial charge in [-0.25, -0.2) is 4.79 Å². The third-order valence-electron chi connectivity index (χ3n) is 3.89. The second kappa shape index (κ2) is 7.81. The van der Waals surface area contributed by atoms with Gasteiger partial charge in [-0.1, -0.05) is 20.3 Å². The molecule has 3 atom stereocenters. The molecule has 0 bridgehead atoms. The van der Waals surface area contributed by atoms with Gasteiger partial charge in [-0.15, -0.1) is 0 Å². The van der Waals surface area contributed by atoms with Crippen molar-refractivity contribution in [2.45, 2.75) is 71.6 Å². The Morgan fingerprint density at radius 1 is 1.27 bits per heavy atom. The van der Waals surface area contributed by atoms with Crippen molar-refractivity contribution in [2.75, 3.05) is 6.54 Å². The van der Waals surface area contributed by atoms with Crippen LogP contribution >= 0.6 is 0 Å². The first-order valence-corrected chi connectivity index (χ1v) is 8.06. The van der Waals surface area contributed by atoms with Crippen LogP contribution in [-0.2, 0) is 9.53 Å². The average Bonchev–Trinajstić information content (AvgIpc) is 2.77. The number of carbonyl (C=O) groups is 2. The number of hydrogen-bond acceptors (Lipinski definition) is 4. The van der Waals surface area contributed by atoms with E-state index in [0.29, 0.717) is 6.54 Å². The molecule has 0 aromatic heterocycles. The van der Waals surface area contributed by atoms with E-state index in [-0.39, 0.29) is 17.9 Å². The largest absolute Gasteiger partial charge is 0.480 e. The lowest BCUT2D eigenvalue weighted by Gasteiger charge is -2.27. The van der Waals surface area contributed by atoms with Crippen molar-refractivity contribution >= 4 is 12.1 Å². The Morgan fingerprint density at radius 3 is 2.41 bits per heavy atom. The summed E-state index contributed by atoms with van der Waals surface area (Å²) < 4.78 is 5.23. The molecule has 1 saturated carbocycles.